The van der Waals surface area contributed by atoms with Crippen LogP contribution < -0.4 is 0 Å². The summed E-state index contributed by atoms with van der Waals surface area (Å²) in [5.41, 5.74) is 8.39. The highest BCUT2D eigenvalue weighted by atomic mass is 14.8. The van der Waals surface area contributed by atoms with Gasteiger partial charge in [-0.05, 0) is 83.5 Å². The number of aryl methyl sites for hydroxylation is 1. The summed E-state index contributed by atoms with van der Waals surface area (Å²) in [6, 6.07) is 28.8. The van der Waals surface area contributed by atoms with Gasteiger partial charge in [-0.1, -0.05) is 112 Å². The highest BCUT2D eigenvalue weighted by molar-refractivity contribution is 5.86. The van der Waals surface area contributed by atoms with Crippen LogP contribution in [-0.2, 0) is 31.1 Å². The molecule has 0 bridgehead atoms. The van der Waals surface area contributed by atoms with Crippen molar-refractivity contribution in [3.63, 3.8) is 0 Å². The van der Waals surface area contributed by atoms with E-state index in [1.54, 1.807) is 0 Å². The maximum absolute atomic E-state index is 10.8. The molecule has 0 fully saturated rings. The SMILES string of the molecule is CCCCCc1nc2c(c(-c3ccccc3)c1CCCCC)CC[C@@]2(C#N)Cc1cccc2ccccc12. The van der Waals surface area contributed by atoms with E-state index < -0.39 is 5.41 Å². The molecule has 1 aliphatic carbocycles. The molecule has 0 radical (unpaired) electrons. The monoisotopic (exact) mass is 500 g/mol. The van der Waals surface area contributed by atoms with Crippen molar-refractivity contribution in [2.75, 3.05) is 0 Å². The highest BCUT2D eigenvalue weighted by Gasteiger charge is 2.43. The Morgan fingerprint density at radius 3 is 2.29 bits per heavy atom. The lowest BCUT2D eigenvalue weighted by molar-refractivity contribution is 0.527. The third-order valence-corrected chi connectivity index (χ3v) is 8.44. The third kappa shape index (κ3) is 5.12. The molecule has 0 N–H and O–H groups in total. The fraction of sp³-hybridized carbons (Fsp3) is 0.389. The molecule has 3 aromatic carbocycles. The normalized spacial score (nSPS) is 16.4. The van der Waals surface area contributed by atoms with E-state index in [9.17, 15) is 5.26 Å². The fourth-order valence-electron chi connectivity index (χ4n) is 6.43. The summed E-state index contributed by atoms with van der Waals surface area (Å²) in [5.74, 6) is 0. The first-order valence-electron chi connectivity index (χ1n) is 14.7. The Hall–Kier alpha value is -3.44. The zero-order valence-electron chi connectivity index (χ0n) is 23.1. The van der Waals surface area contributed by atoms with Gasteiger partial charge in [0.15, 0.2) is 0 Å². The van der Waals surface area contributed by atoms with Crippen molar-refractivity contribution in [2.24, 2.45) is 0 Å². The molecule has 38 heavy (non-hydrogen) atoms. The van der Waals surface area contributed by atoms with Gasteiger partial charge in [-0.15, -0.1) is 0 Å². The molecule has 1 aliphatic rings. The average molecular weight is 501 g/mol. The van der Waals surface area contributed by atoms with Crippen LogP contribution in [0.25, 0.3) is 21.9 Å². The Morgan fingerprint density at radius 2 is 1.53 bits per heavy atom. The van der Waals surface area contributed by atoms with Gasteiger partial charge in [0.25, 0.3) is 0 Å². The Morgan fingerprint density at radius 1 is 0.816 bits per heavy atom. The van der Waals surface area contributed by atoms with Crippen LogP contribution in [0.2, 0.25) is 0 Å². The standard InChI is InChI=1S/C36H40N2/c1-3-5-8-21-31-33(22-9-6-4-2)38-35-32(34(31)28-16-10-7-11-17-28)23-24-36(35,26-37)25-29-19-14-18-27-15-12-13-20-30(27)29/h7,10-20H,3-6,8-9,21-25H2,1-2H3/t36-/m0/s1. The maximum atomic E-state index is 10.8. The van der Waals surface area contributed by atoms with Crippen molar-refractivity contribution in [1.29, 1.82) is 5.26 Å². The molecule has 0 saturated heterocycles. The van der Waals surface area contributed by atoms with Gasteiger partial charge in [0.1, 0.15) is 5.41 Å². The van der Waals surface area contributed by atoms with E-state index in [4.69, 9.17) is 4.98 Å². The van der Waals surface area contributed by atoms with Gasteiger partial charge in [-0.25, -0.2) is 0 Å². The van der Waals surface area contributed by atoms with E-state index >= 15 is 0 Å². The number of fused-ring (bicyclic) bond motifs is 2. The molecule has 0 spiro atoms. The molecular formula is C36H40N2. The number of unbranched alkanes of at least 4 members (excludes halogenated alkanes) is 4. The summed E-state index contributed by atoms with van der Waals surface area (Å²) < 4.78 is 0. The number of pyridine rings is 1. The van der Waals surface area contributed by atoms with Gasteiger partial charge in [0, 0.05) is 5.69 Å². The van der Waals surface area contributed by atoms with E-state index in [0.717, 1.165) is 37.8 Å². The summed E-state index contributed by atoms with van der Waals surface area (Å²) in [6.45, 7) is 4.54. The third-order valence-electron chi connectivity index (χ3n) is 8.44. The van der Waals surface area contributed by atoms with Crippen LogP contribution in [0.3, 0.4) is 0 Å². The Balaban J connectivity index is 1.68. The molecule has 0 aliphatic heterocycles. The summed E-state index contributed by atoms with van der Waals surface area (Å²) in [4.78, 5) is 5.47. The van der Waals surface area contributed by atoms with Crippen molar-refractivity contribution in [2.45, 2.75) is 89.9 Å². The quantitative estimate of drug-likeness (QED) is 0.192. The van der Waals surface area contributed by atoms with Crippen LogP contribution in [0.1, 0.15) is 86.9 Å². The van der Waals surface area contributed by atoms with Crippen molar-refractivity contribution >= 4 is 10.8 Å². The largest absolute Gasteiger partial charge is 0.256 e. The number of hydrogen-bond acceptors (Lipinski definition) is 2. The van der Waals surface area contributed by atoms with E-state index in [0.29, 0.717) is 6.42 Å². The lowest BCUT2D eigenvalue weighted by Gasteiger charge is -2.25. The molecular weight excluding hydrogens is 460 g/mol. The minimum atomic E-state index is -0.593. The van der Waals surface area contributed by atoms with Gasteiger partial charge in [0.05, 0.1) is 11.8 Å². The molecule has 2 heteroatoms. The predicted molar refractivity (Wildman–Crippen MR) is 159 cm³/mol. The lowest BCUT2D eigenvalue weighted by atomic mass is 9.78. The molecule has 0 saturated carbocycles. The highest BCUT2D eigenvalue weighted by Crippen LogP contribution is 2.46. The molecule has 5 rings (SSSR count). The van der Waals surface area contributed by atoms with E-state index in [2.05, 4.69) is 92.7 Å². The Labute approximate surface area is 228 Å². The smallest absolute Gasteiger partial charge is 0.104 e. The summed E-state index contributed by atoms with van der Waals surface area (Å²) in [7, 11) is 0. The molecule has 1 aromatic heterocycles. The minimum absolute atomic E-state index is 0.593. The van der Waals surface area contributed by atoms with Crippen LogP contribution >= 0.6 is 0 Å². The van der Waals surface area contributed by atoms with Gasteiger partial charge in [-0.3, -0.25) is 4.98 Å². The number of aromatic nitrogens is 1. The fourth-order valence-corrected chi connectivity index (χ4v) is 6.43. The van der Waals surface area contributed by atoms with Crippen LogP contribution in [0, 0.1) is 11.3 Å². The number of nitrogens with zero attached hydrogens (tertiary/aromatic N) is 2. The van der Waals surface area contributed by atoms with Gasteiger partial charge < -0.3 is 0 Å². The molecule has 194 valence electrons. The van der Waals surface area contributed by atoms with E-state index in [1.165, 1.54) is 76.4 Å². The zero-order valence-corrected chi connectivity index (χ0v) is 23.1. The summed E-state index contributed by atoms with van der Waals surface area (Å²) >= 11 is 0. The predicted octanol–water partition coefficient (Wildman–Crippen LogP) is 9.32. The second-order valence-corrected chi connectivity index (χ2v) is 11.0. The molecule has 2 nitrogen and oxygen atoms in total. The summed E-state index contributed by atoms with van der Waals surface area (Å²) in [6.07, 6.45) is 11.7. The first-order chi connectivity index (χ1) is 18.7. The maximum Gasteiger partial charge on any atom is 0.104 e. The molecule has 1 heterocycles. The van der Waals surface area contributed by atoms with Crippen molar-refractivity contribution in [3.05, 3.63) is 101 Å². The van der Waals surface area contributed by atoms with Gasteiger partial charge >= 0.3 is 0 Å². The number of nitriles is 1. The average Bonchev–Trinajstić information content (AvgIpc) is 3.32. The number of benzene rings is 3. The first kappa shape index (κ1) is 26.2. The topological polar surface area (TPSA) is 36.7 Å². The molecule has 0 amide bonds. The Kier molecular flexibility index (Phi) is 8.23. The minimum Gasteiger partial charge on any atom is -0.256 e. The second-order valence-electron chi connectivity index (χ2n) is 11.0. The lowest BCUT2D eigenvalue weighted by Crippen LogP contribution is -2.26. The number of rotatable bonds is 11. The van der Waals surface area contributed by atoms with Crippen molar-refractivity contribution in [3.8, 4) is 17.2 Å². The van der Waals surface area contributed by atoms with Crippen molar-refractivity contribution < 1.29 is 0 Å². The van der Waals surface area contributed by atoms with Gasteiger partial charge in [0.2, 0.25) is 0 Å². The molecule has 1 atom stereocenters. The van der Waals surface area contributed by atoms with Crippen molar-refractivity contribution in [1.82, 2.24) is 4.98 Å². The second kappa shape index (κ2) is 12.0. The van der Waals surface area contributed by atoms with Gasteiger partial charge in [-0.2, -0.15) is 5.26 Å². The first-order valence-corrected chi connectivity index (χ1v) is 14.7. The van der Waals surface area contributed by atoms with Crippen LogP contribution in [0.5, 0.6) is 0 Å². The van der Waals surface area contributed by atoms with E-state index in [1.807, 2.05) is 0 Å². The van der Waals surface area contributed by atoms with E-state index in [-0.39, 0.29) is 0 Å². The zero-order chi connectivity index (χ0) is 26.4. The van der Waals surface area contributed by atoms with Crippen LogP contribution in [0.4, 0.5) is 0 Å². The van der Waals surface area contributed by atoms with Crippen LogP contribution in [0.15, 0.2) is 72.8 Å². The number of hydrogen-bond donors (Lipinski definition) is 0. The summed E-state index contributed by atoms with van der Waals surface area (Å²) in [5, 5.41) is 13.3. The Bertz CT molecular complexity index is 1420. The van der Waals surface area contributed by atoms with Crippen LogP contribution in [-0.4, -0.2) is 4.98 Å². The molecule has 4 aromatic rings. The molecule has 0 unspecified atom stereocenters.